The summed E-state index contributed by atoms with van der Waals surface area (Å²) in [6.07, 6.45) is -0.597. The number of aromatic hydroxyl groups is 1. The summed E-state index contributed by atoms with van der Waals surface area (Å²) >= 11 is 0. The normalized spacial score (nSPS) is 12.2. The van der Waals surface area contributed by atoms with Gasteiger partial charge in [-0.05, 0) is 34.4 Å². The van der Waals surface area contributed by atoms with Gasteiger partial charge in [0.2, 0.25) is 0 Å². The molecule has 1 aliphatic rings. The minimum atomic E-state index is -0.597. The summed E-state index contributed by atoms with van der Waals surface area (Å²) < 4.78 is 10.7. The molecule has 0 fully saturated rings. The van der Waals surface area contributed by atoms with Crippen LogP contribution >= 0.6 is 0 Å². The van der Waals surface area contributed by atoms with Crippen molar-refractivity contribution < 1.29 is 19.4 Å². The molecule has 2 N–H and O–H groups in total. The second kappa shape index (κ2) is 7.03. The molecule has 1 aliphatic carbocycles. The van der Waals surface area contributed by atoms with E-state index >= 15 is 0 Å². The van der Waals surface area contributed by atoms with Crippen molar-refractivity contribution in [3.63, 3.8) is 0 Å². The quantitative estimate of drug-likeness (QED) is 0.703. The Balaban J connectivity index is 1.51. The molecule has 0 bridgehead atoms. The van der Waals surface area contributed by atoms with Crippen LogP contribution in [0.15, 0.2) is 66.7 Å². The summed E-state index contributed by atoms with van der Waals surface area (Å²) in [4.78, 5) is 12.3. The zero-order chi connectivity index (χ0) is 18.8. The highest BCUT2D eigenvalue weighted by Gasteiger charge is 2.29. The molecular formula is C22H19NO4. The Bertz CT molecular complexity index is 954. The number of carbonyl (C=O) groups excluding carboxylic acids is 1. The second-order valence-corrected chi connectivity index (χ2v) is 6.34. The number of nitrogens with one attached hydrogen (secondary N) is 1. The topological polar surface area (TPSA) is 67.8 Å². The van der Waals surface area contributed by atoms with Gasteiger partial charge in [-0.25, -0.2) is 4.79 Å². The maximum atomic E-state index is 12.3. The van der Waals surface area contributed by atoms with Gasteiger partial charge in [-0.1, -0.05) is 48.5 Å². The van der Waals surface area contributed by atoms with Crippen LogP contribution in [-0.2, 0) is 4.74 Å². The minimum absolute atomic E-state index is 0.00535. The Morgan fingerprint density at radius 1 is 1.00 bits per heavy atom. The number of rotatable bonds is 4. The number of hydrogen-bond donors (Lipinski definition) is 2. The van der Waals surface area contributed by atoms with E-state index in [1.807, 2.05) is 24.3 Å². The largest absolute Gasteiger partial charge is 0.508 e. The highest BCUT2D eigenvalue weighted by molar-refractivity contribution is 5.87. The number of phenolic OH excluding ortho intramolecular Hbond substituents is 1. The molecule has 0 saturated heterocycles. The Hall–Kier alpha value is -3.47. The first-order chi connectivity index (χ1) is 13.2. The molecule has 0 spiro atoms. The van der Waals surface area contributed by atoms with Gasteiger partial charge in [0.1, 0.15) is 18.1 Å². The second-order valence-electron chi connectivity index (χ2n) is 6.34. The maximum absolute atomic E-state index is 12.3. The van der Waals surface area contributed by atoms with Crippen LogP contribution in [-0.4, -0.2) is 24.9 Å². The minimum Gasteiger partial charge on any atom is -0.508 e. The number of hydrogen-bond acceptors (Lipinski definition) is 4. The molecule has 1 amide bonds. The first kappa shape index (κ1) is 17.0. The van der Waals surface area contributed by atoms with E-state index in [0.717, 1.165) is 11.1 Å². The van der Waals surface area contributed by atoms with Crippen molar-refractivity contribution >= 4 is 11.8 Å². The van der Waals surface area contributed by atoms with Crippen LogP contribution in [0.3, 0.4) is 0 Å². The molecule has 136 valence electrons. The van der Waals surface area contributed by atoms with Crippen LogP contribution in [0.1, 0.15) is 17.0 Å². The van der Waals surface area contributed by atoms with E-state index < -0.39 is 6.09 Å². The Labute approximate surface area is 157 Å². The van der Waals surface area contributed by atoms with Crippen molar-refractivity contribution in [2.75, 3.05) is 19.0 Å². The van der Waals surface area contributed by atoms with Gasteiger partial charge < -0.3 is 14.6 Å². The molecule has 4 rings (SSSR count). The first-order valence-electron chi connectivity index (χ1n) is 8.66. The summed E-state index contributed by atoms with van der Waals surface area (Å²) in [7, 11) is 1.50. The molecule has 0 saturated carbocycles. The fraction of sp³-hybridized carbons (Fsp3) is 0.136. The zero-order valence-corrected chi connectivity index (χ0v) is 14.8. The van der Waals surface area contributed by atoms with E-state index in [1.165, 1.54) is 30.4 Å². The van der Waals surface area contributed by atoms with Crippen LogP contribution in [0.4, 0.5) is 10.5 Å². The number of carbonyl (C=O) groups is 1. The van der Waals surface area contributed by atoms with Crippen molar-refractivity contribution in [1.29, 1.82) is 0 Å². The average Bonchev–Trinajstić information content (AvgIpc) is 3.00. The SMILES string of the molecule is COc1ccc(O)cc1NC(=O)OCC1c2ccccc2-c2ccccc21. The fourth-order valence-corrected chi connectivity index (χ4v) is 3.54. The molecule has 0 atom stereocenters. The van der Waals surface area contributed by atoms with Crippen LogP contribution in [0.2, 0.25) is 0 Å². The molecule has 3 aromatic rings. The lowest BCUT2D eigenvalue weighted by Crippen LogP contribution is -2.18. The number of ether oxygens (including phenoxy) is 2. The number of benzene rings is 3. The summed E-state index contributed by atoms with van der Waals surface area (Å²) in [6, 6.07) is 20.8. The van der Waals surface area contributed by atoms with Crippen molar-refractivity contribution in [3.8, 4) is 22.6 Å². The zero-order valence-electron chi connectivity index (χ0n) is 14.8. The molecule has 27 heavy (non-hydrogen) atoms. The first-order valence-corrected chi connectivity index (χ1v) is 8.66. The summed E-state index contributed by atoms with van der Waals surface area (Å²) in [5.41, 5.74) is 5.02. The molecule has 0 radical (unpaired) electrons. The van der Waals surface area contributed by atoms with Crippen LogP contribution in [0.25, 0.3) is 11.1 Å². The molecule has 0 heterocycles. The molecule has 5 heteroatoms. The Kier molecular flexibility index (Phi) is 4.42. The predicted molar refractivity (Wildman–Crippen MR) is 103 cm³/mol. The van der Waals surface area contributed by atoms with Crippen molar-refractivity contribution in [2.45, 2.75) is 5.92 Å². The third kappa shape index (κ3) is 3.19. The van der Waals surface area contributed by atoms with Gasteiger partial charge in [-0.15, -0.1) is 0 Å². The number of methoxy groups -OCH3 is 1. The predicted octanol–water partition coefficient (Wildman–Crippen LogP) is 4.76. The van der Waals surface area contributed by atoms with E-state index in [0.29, 0.717) is 11.4 Å². The van der Waals surface area contributed by atoms with Crippen LogP contribution in [0.5, 0.6) is 11.5 Å². The monoisotopic (exact) mass is 361 g/mol. The van der Waals surface area contributed by atoms with E-state index in [2.05, 4.69) is 29.6 Å². The van der Waals surface area contributed by atoms with Crippen molar-refractivity contribution in [2.24, 2.45) is 0 Å². The highest BCUT2D eigenvalue weighted by atomic mass is 16.5. The lowest BCUT2D eigenvalue weighted by atomic mass is 9.98. The number of phenols is 1. The summed E-state index contributed by atoms with van der Waals surface area (Å²) in [5, 5.41) is 12.2. The Morgan fingerprint density at radius 3 is 2.26 bits per heavy atom. The molecule has 0 aromatic heterocycles. The molecule has 5 nitrogen and oxygen atoms in total. The third-order valence-corrected chi connectivity index (χ3v) is 4.76. The number of amides is 1. The lowest BCUT2D eigenvalue weighted by Gasteiger charge is -2.15. The van der Waals surface area contributed by atoms with E-state index in [4.69, 9.17) is 9.47 Å². The van der Waals surface area contributed by atoms with Crippen LogP contribution < -0.4 is 10.1 Å². The van der Waals surface area contributed by atoms with Crippen molar-refractivity contribution in [3.05, 3.63) is 77.9 Å². The van der Waals surface area contributed by atoms with Gasteiger partial charge in [0.25, 0.3) is 0 Å². The molecule has 0 aliphatic heterocycles. The highest BCUT2D eigenvalue weighted by Crippen LogP contribution is 2.44. The van der Waals surface area contributed by atoms with Crippen molar-refractivity contribution in [1.82, 2.24) is 0 Å². The van der Waals surface area contributed by atoms with Gasteiger partial charge in [0, 0.05) is 12.0 Å². The molecular weight excluding hydrogens is 342 g/mol. The molecule has 3 aromatic carbocycles. The standard InChI is InChI=1S/C22H19NO4/c1-26-21-11-10-14(24)12-20(21)23-22(25)27-13-19-17-8-4-2-6-15(17)16-7-3-5-9-18(16)19/h2-12,19,24H,13H2,1H3,(H,23,25). The number of anilines is 1. The third-order valence-electron chi connectivity index (χ3n) is 4.76. The number of fused-ring (bicyclic) bond motifs is 3. The Morgan fingerprint density at radius 2 is 1.63 bits per heavy atom. The lowest BCUT2D eigenvalue weighted by molar-refractivity contribution is 0.158. The smallest absolute Gasteiger partial charge is 0.411 e. The van der Waals surface area contributed by atoms with Gasteiger partial charge in [-0.3, -0.25) is 5.32 Å². The van der Waals surface area contributed by atoms with Crippen LogP contribution in [0, 0.1) is 0 Å². The van der Waals surface area contributed by atoms with Gasteiger partial charge in [0.15, 0.2) is 0 Å². The summed E-state index contributed by atoms with van der Waals surface area (Å²) in [6.45, 7) is 0.223. The van der Waals surface area contributed by atoms with E-state index in [9.17, 15) is 9.90 Å². The van der Waals surface area contributed by atoms with Gasteiger partial charge in [0.05, 0.1) is 12.8 Å². The maximum Gasteiger partial charge on any atom is 0.411 e. The summed E-state index contributed by atoms with van der Waals surface area (Å²) in [5.74, 6) is 0.472. The van der Waals surface area contributed by atoms with E-state index in [-0.39, 0.29) is 18.3 Å². The van der Waals surface area contributed by atoms with Gasteiger partial charge in [-0.2, -0.15) is 0 Å². The average molecular weight is 361 g/mol. The fourth-order valence-electron chi connectivity index (χ4n) is 3.54. The van der Waals surface area contributed by atoms with E-state index in [1.54, 1.807) is 6.07 Å². The van der Waals surface area contributed by atoms with Gasteiger partial charge >= 0.3 is 6.09 Å². The molecule has 0 unspecified atom stereocenters.